The van der Waals surface area contributed by atoms with E-state index in [2.05, 4.69) is 71.3 Å². The van der Waals surface area contributed by atoms with Crippen LogP contribution < -0.4 is 10.2 Å². The zero-order valence-corrected chi connectivity index (χ0v) is 24.8. The summed E-state index contributed by atoms with van der Waals surface area (Å²) in [4.78, 5) is 22.1. The average Bonchev–Trinajstić information content (AvgIpc) is 3.43. The predicted molar refractivity (Wildman–Crippen MR) is 159 cm³/mol. The number of anilines is 2. The molecule has 2 unspecified atom stereocenters. The Bertz CT molecular complexity index is 1420. The number of pyridine rings is 1. The molecule has 0 radical (unpaired) electrons. The van der Waals surface area contributed by atoms with Crippen LogP contribution in [0.15, 0.2) is 36.0 Å². The van der Waals surface area contributed by atoms with E-state index >= 15 is 0 Å². The van der Waals surface area contributed by atoms with E-state index in [1.807, 2.05) is 19.9 Å². The molecule has 0 spiro atoms. The number of halogens is 1. The smallest absolute Gasteiger partial charge is 0.322 e. The Kier molecular flexibility index (Phi) is 7.52. The van der Waals surface area contributed by atoms with E-state index in [0.29, 0.717) is 26.3 Å². The summed E-state index contributed by atoms with van der Waals surface area (Å²) >= 11 is 0. The predicted octanol–water partition coefficient (Wildman–Crippen LogP) is 5.61. The van der Waals surface area contributed by atoms with Gasteiger partial charge >= 0.3 is 6.03 Å². The van der Waals surface area contributed by atoms with E-state index in [-0.39, 0.29) is 12.5 Å². The number of ether oxygens (including phenoxy) is 1. The summed E-state index contributed by atoms with van der Waals surface area (Å²) in [5, 5.41) is 1.66. The second-order valence-corrected chi connectivity index (χ2v) is 13.0. The van der Waals surface area contributed by atoms with Crippen molar-refractivity contribution in [3.63, 3.8) is 0 Å². The Morgan fingerprint density at radius 2 is 1.87 bits per heavy atom. The number of nitrogens with one attached hydrogen (secondary N) is 1. The van der Waals surface area contributed by atoms with Gasteiger partial charge in [-0.1, -0.05) is 30.6 Å². The van der Waals surface area contributed by atoms with Crippen molar-refractivity contribution >= 4 is 41.5 Å². The highest BCUT2D eigenvalue weighted by Gasteiger charge is 2.26. The standard InChI is InChI=1S/C28H36FN5O2P2/c1-17-11-18(2)24(31-27(35)33-6-5-21(15-33)14-28(29,37)38)13-23(17)22-12-25(32-7-9-36-10-8-32)26-30-19(3)20(4)34(26)16-22/h5,11-13,16H,6-10,14-15,37-38H2,1-4H3,(H,31,35). The average molecular weight is 556 g/mol. The number of carbonyl (C=O) groups is 1. The van der Waals surface area contributed by atoms with E-state index < -0.39 is 5.15 Å². The van der Waals surface area contributed by atoms with Crippen LogP contribution in [-0.4, -0.2) is 64.9 Å². The molecule has 1 fully saturated rings. The van der Waals surface area contributed by atoms with Gasteiger partial charge < -0.3 is 24.3 Å². The Morgan fingerprint density at radius 1 is 1.13 bits per heavy atom. The van der Waals surface area contributed by atoms with Crippen LogP contribution in [0.2, 0.25) is 0 Å². The molecule has 3 aromatic rings. The molecular weight excluding hydrogens is 519 g/mol. The first-order chi connectivity index (χ1) is 18.0. The molecule has 7 nitrogen and oxygen atoms in total. The Labute approximate surface area is 228 Å². The van der Waals surface area contributed by atoms with Crippen LogP contribution in [-0.2, 0) is 4.74 Å². The largest absolute Gasteiger partial charge is 0.378 e. The molecule has 2 aliphatic rings. The number of aromatic nitrogens is 2. The number of alkyl halides is 1. The van der Waals surface area contributed by atoms with Gasteiger partial charge in [0, 0.05) is 55.7 Å². The van der Waals surface area contributed by atoms with Crippen molar-refractivity contribution in [2.24, 2.45) is 0 Å². The molecule has 202 valence electrons. The molecule has 2 amide bonds. The fourth-order valence-corrected chi connectivity index (χ4v) is 5.80. The number of carbonyl (C=O) groups excluding carboxylic acids is 1. The van der Waals surface area contributed by atoms with Gasteiger partial charge in [0.15, 0.2) is 5.65 Å². The van der Waals surface area contributed by atoms with E-state index in [9.17, 15) is 9.18 Å². The van der Waals surface area contributed by atoms with Gasteiger partial charge in [0.05, 0.1) is 24.6 Å². The van der Waals surface area contributed by atoms with E-state index in [1.165, 1.54) is 0 Å². The van der Waals surface area contributed by atoms with Crippen molar-refractivity contribution in [3.05, 3.63) is 58.6 Å². The van der Waals surface area contributed by atoms with Gasteiger partial charge in [-0.25, -0.2) is 14.2 Å². The minimum atomic E-state index is -1.45. The highest BCUT2D eigenvalue weighted by Crippen LogP contribution is 2.37. The normalized spacial score (nSPS) is 16.3. The first-order valence-electron chi connectivity index (χ1n) is 12.9. The molecule has 0 saturated carbocycles. The molecule has 1 N–H and O–H groups in total. The van der Waals surface area contributed by atoms with Crippen molar-refractivity contribution in [1.82, 2.24) is 14.3 Å². The van der Waals surface area contributed by atoms with Gasteiger partial charge in [0.1, 0.15) is 5.15 Å². The fraction of sp³-hybridized carbons (Fsp3) is 0.429. The first kappa shape index (κ1) is 27.1. The molecule has 2 aromatic heterocycles. The van der Waals surface area contributed by atoms with Gasteiger partial charge in [0.25, 0.3) is 0 Å². The number of morpholine rings is 1. The van der Waals surface area contributed by atoms with Crippen molar-refractivity contribution in [1.29, 1.82) is 0 Å². The maximum absolute atomic E-state index is 14.0. The molecule has 2 atom stereocenters. The zero-order chi connectivity index (χ0) is 27.2. The molecular formula is C28H36FN5O2P2. The molecule has 0 aliphatic carbocycles. The molecule has 0 bridgehead atoms. The van der Waals surface area contributed by atoms with Crippen LogP contribution in [0, 0.1) is 27.7 Å². The van der Waals surface area contributed by atoms with Crippen LogP contribution in [0.3, 0.4) is 0 Å². The van der Waals surface area contributed by atoms with Crippen molar-refractivity contribution in [3.8, 4) is 11.1 Å². The number of urea groups is 1. The third kappa shape index (κ3) is 5.59. The third-order valence-electron chi connectivity index (χ3n) is 7.43. The maximum atomic E-state index is 14.0. The summed E-state index contributed by atoms with van der Waals surface area (Å²) < 4.78 is 21.8. The number of benzene rings is 1. The minimum absolute atomic E-state index is 0.184. The van der Waals surface area contributed by atoms with Crippen LogP contribution in [0.1, 0.15) is 28.9 Å². The molecule has 38 heavy (non-hydrogen) atoms. The minimum Gasteiger partial charge on any atom is -0.378 e. The summed E-state index contributed by atoms with van der Waals surface area (Å²) in [5.41, 5.74) is 10.1. The third-order valence-corrected chi connectivity index (χ3v) is 7.84. The molecule has 4 heterocycles. The lowest BCUT2D eigenvalue weighted by Gasteiger charge is -2.29. The van der Waals surface area contributed by atoms with E-state index in [4.69, 9.17) is 9.72 Å². The van der Waals surface area contributed by atoms with Crippen LogP contribution in [0.25, 0.3) is 16.8 Å². The summed E-state index contributed by atoms with van der Waals surface area (Å²) in [6.07, 6.45) is 4.34. The lowest BCUT2D eigenvalue weighted by atomic mass is 9.98. The second kappa shape index (κ2) is 10.6. The summed E-state index contributed by atoms with van der Waals surface area (Å²) in [6.45, 7) is 12.2. The number of imidazole rings is 1. The lowest BCUT2D eigenvalue weighted by molar-refractivity contribution is 0.123. The number of aryl methyl sites for hydroxylation is 4. The Balaban J connectivity index is 1.46. The maximum Gasteiger partial charge on any atom is 0.322 e. The number of hydrogen-bond donors (Lipinski definition) is 1. The van der Waals surface area contributed by atoms with E-state index in [1.54, 1.807) is 4.90 Å². The monoisotopic (exact) mass is 555 g/mol. The second-order valence-electron chi connectivity index (χ2n) is 10.4. The highest BCUT2D eigenvalue weighted by atomic mass is 31.1. The molecule has 1 saturated heterocycles. The summed E-state index contributed by atoms with van der Waals surface area (Å²) in [6, 6.07) is 6.20. The van der Waals surface area contributed by atoms with Gasteiger partial charge in [-0.15, -0.1) is 0 Å². The fourth-order valence-electron chi connectivity index (χ4n) is 5.27. The molecule has 1 aromatic carbocycles. The number of rotatable bonds is 5. The Hall–Kier alpha value is -2.53. The number of amides is 2. The summed E-state index contributed by atoms with van der Waals surface area (Å²) in [7, 11) is 4.39. The van der Waals surface area contributed by atoms with Gasteiger partial charge in [-0.05, 0) is 62.1 Å². The van der Waals surface area contributed by atoms with Crippen molar-refractivity contribution in [2.75, 3.05) is 49.6 Å². The van der Waals surface area contributed by atoms with E-state index in [0.717, 1.165) is 69.3 Å². The lowest BCUT2D eigenvalue weighted by Crippen LogP contribution is -2.36. The Morgan fingerprint density at radius 3 is 2.58 bits per heavy atom. The van der Waals surface area contributed by atoms with Crippen LogP contribution in [0.4, 0.5) is 20.6 Å². The highest BCUT2D eigenvalue weighted by molar-refractivity contribution is 7.39. The topological polar surface area (TPSA) is 62.1 Å². The van der Waals surface area contributed by atoms with Crippen LogP contribution in [0.5, 0.6) is 0 Å². The van der Waals surface area contributed by atoms with Gasteiger partial charge in [-0.2, -0.15) is 0 Å². The molecule has 10 heteroatoms. The van der Waals surface area contributed by atoms with Crippen molar-refractivity contribution in [2.45, 2.75) is 39.3 Å². The summed E-state index contributed by atoms with van der Waals surface area (Å²) in [5.74, 6) is 0. The zero-order valence-electron chi connectivity index (χ0n) is 22.5. The van der Waals surface area contributed by atoms with Gasteiger partial charge in [0.2, 0.25) is 0 Å². The first-order valence-corrected chi connectivity index (χ1v) is 14.1. The molecule has 2 aliphatic heterocycles. The molecule has 5 rings (SSSR count). The van der Waals surface area contributed by atoms with Crippen LogP contribution >= 0.6 is 18.5 Å². The number of nitrogens with zero attached hydrogens (tertiary/aromatic N) is 4. The number of fused-ring (bicyclic) bond motifs is 1. The number of hydrogen-bond acceptors (Lipinski definition) is 4. The van der Waals surface area contributed by atoms with Crippen molar-refractivity contribution < 1.29 is 13.9 Å². The SMILES string of the molecule is Cc1cc(C)c(-c2cc(N3CCOCC3)c3nc(C)c(C)n3c2)cc1NC(=O)N1CC=C(CC(F)(P)P)C1. The quantitative estimate of drug-likeness (QED) is 0.329. The van der Waals surface area contributed by atoms with Gasteiger partial charge in [-0.3, -0.25) is 0 Å².